The smallest absolute Gasteiger partial charge is 0.274 e. The molecule has 0 aliphatic heterocycles. The van der Waals surface area contributed by atoms with E-state index in [1.165, 1.54) is 12.1 Å². The lowest BCUT2D eigenvalue weighted by atomic mass is 9.96. The lowest BCUT2D eigenvalue weighted by Gasteiger charge is -2.30. The Morgan fingerprint density at radius 1 is 1.42 bits per heavy atom. The molecule has 1 saturated carbocycles. The number of aliphatic hydroxyl groups is 1. The van der Waals surface area contributed by atoms with Gasteiger partial charge in [-0.15, -0.1) is 0 Å². The molecule has 0 spiro atoms. The Balaban J connectivity index is 2.11. The van der Waals surface area contributed by atoms with Crippen molar-refractivity contribution < 1.29 is 17.9 Å². The number of thioether (sulfide) groups is 1. The Bertz CT molecular complexity index is 512. The molecule has 0 saturated heterocycles. The van der Waals surface area contributed by atoms with Gasteiger partial charge in [0.15, 0.2) is 0 Å². The molecule has 1 heterocycles. The molecular weight excluding hydrogens is 286 g/mol. The maximum atomic E-state index is 12.2. The fourth-order valence-corrected chi connectivity index (χ4v) is 4.64. The molecule has 2 rings (SSSR count). The number of rotatable bonds is 5. The van der Waals surface area contributed by atoms with Crippen LogP contribution in [0.4, 0.5) is 0 Å². The number of furan rings is 1. The van der Waals surface area contributed by atoms with Crippen molar-refractivity contribution in [2.75, 3.05) is 6.26 Å². The monoisotopic (exact) mass is 305 g/mol. The van der Waals surface area contributed by atoms with Crippen LogP contribution in [0.1, 0.15) is 31.4 Å². The zero-order valence-corrected chi connectivity index (χ0v) is 12.5. The number of hydrogen-bond donors (Lipinski definition) is 2. The predicted molar refractivity (Wildman–Crippen MR) is 74.5 cm³/mol. The Kier molecular flexibility index (Phi) is 4.94. The first kappa shape index (κ1) is 14.9. The van der Waals surface area contributed by atoms with E-state index >= 15 is 0 Å². The molecule has 1 fully saturated rings. The van der Waals surface area contributed by atoms with Crippen molar-refractivity contribution in [3.05, 3.63) is 17.9 Å². The fraction of sp³-hybridized carbons (Fsp3) is 0.667. The highest BCUT2D eigenvalue weighted by molar-refractivity contribution is 7.99. The van der Waals surface area contributed by atoms with Crippen LogP contribution < -0.4 is 4.72 Å². The van der Waals surface area contributed by atoms with Gasteiger partial charge >= 0.3 is 0 Å². The van der Waals surface area contributed by atoms with Crippen LogP contribution in [0.3, 0.4) is 0 Å². The van der Waals surface area contributed by atoms with Gasteiger partial charge in [-0.25, -0.2) is 13.1 Å². The highest BCUT2D eigenvalue weighted by atomic mass is 32.2. The molecule has 19 heavy (non-hydrogen) atoms. The van der Waals surface area contributed by atoms with Crippen molar-refractivity contribution in [2.24, 2.45) is 0 Å². The second-order valence-electron chi connectivity index (χ2n) is 4.67. The van der Waals surface area contributed by atoms with Crippen LogP contribution in [0.25, 0.3) is 0 Å². The third-order valence-corrected chi connectivity index (χ3v) is 5.90. The van der Waals surface area contributed by atoms with Gasteiger partial charge in [-0.05, 0) is 31.2 Å². The molecule has 5 nitrogen and oxygen atoms in total. The number of nitrogens with one attached hydrogen (secondary N) is 1. The highest BCUT2D eigenvalue weighted by Crippen LogP contribution is 2.28. The first-order chi connectivity index (χ1) is 9.06. The highest BCUT2D eigenvalue weighted by Gasteiger charge is 2.30. The van der Waals surface area contributed by atoms with Crippen LogP contribution in [-0.2, 0) is 16.6 Å². The minimum Gasteiger partial charge on any atom is -0.446 e. The second-order valence-corrected chi connectivity index (χ2v) is 7.39. The van der Waals surface area contributed by atoms with Crippen LogP contribution in [0.15, 0.2) is 21.6 Å². The molecule has 1 aliphatic rings. The quantitative estimate of drug-likeness (QED) is 0.866. The summed E-state index contributed by atoms with van der Waals surface area (Å²) in [6, 6.07) is 2.81. The molecule has 1 aromatic heterocycles. The maximum absolute atomic E-state index is 12.2. The zero-order chi connectivity index (χ0) is 13.9. The Morgan fingerprint density at radius 3 is 2.79 bits per heavy atom. The zero-order valence-electron chi connectivity index (χ0n) is 10.8. The summed E-state index contributed by atoms with van der Waals surface area (Å²) < 4.78 is 32.2. The van der Waals surface area contributed by atoms with Crippen LogP contribution in [0, 0.1) is 0 Å². The molecule has 1 aromatic rings. The Labute approximate surface area is 117 Å². The van der Waals surface area contributed by atoms with E-state index in [2.05, 4.69) is 4.72 Å². The SMILES string of the molecule is CSC1CCCCC1NS(=O)(=O)c1ccc(CO)o1. The van der Waals surface area contributed by atoms with Gasteiger partial charge in [-0.3, -0.25) is 0 Å². The molecule has 0 bridgehead atoms. The third kappa shape index (κ3) is 3.53. The van der Waals surface area contributed by atoms with Crippen molar-refractivity contribution in [3.8, 4) is 0 Å². The van der Waals surface area contributed by atoms with Gasteiger partial charge in [-0.1, -0.05) is 12.8 Å². The lowest BCUT2D eigenvalue weighted by molar-refractivity contribution is 0.236. The summed E-state index contributed by atoms with van der Waals surface area (Å²) in [6.45, 7) is -0.299. The van der Waals surface area contributed by atoms with E-state index < -0.39 is 10.0 Å². The van der Waals surface area contributed by atoms with E-state index in [1.807, 2.05) is 6.26 Å². The van der Waals surface area contributed by atoms with Gasteiger partial charge in [0.25, 0.3) is 10.0 Å². The van der Waals surface area contributed by atoms with Gasteiger partial charge in [0.2, 0.25) is 5.09 Å². The summed E-state index contributed by atoms with van der Waals surface area (Å²) in [5, 5.41) is 9.10. The maximum Gasteiger partial charge on any atom is 0.274 e. The average molecular weight is 305 g/mol. The molecular formula is C12H19NO4S2. The minimum absolute atomic E-state index is 0.0450. The van der Waals surface area contributed by atoms with Crippen LogP contribution in [0.5, 0.6) is 0 Å². The fourth-order valence-electron chi connectivity index (χ4n) is 2.36. The first-order valence-corrected chi connectivity index (χ1v) is 9.08. The summed E-state index contributed by atoms with van der Waals surface area (Å²) in [4.78, 5) is 0. The molecule has 108 valence electrons. The normalized spacial score (nSPS) is 24.5. The van der Waals surface area contributed by atoms with Gasteiger partial charge in [0, 0.05) is 11.3 Å². The van der Waals surface area contributed by atoms with E-state index in [1.54, 1.807) is 11.8 Å². The van der Waals surface area contributed by atoms with Crippen LogP contribution in [0.2, 0.25) is 0 Å². The van der Waals surface area contributed by atoms with Crippen molar-refractivity contribution in [2.45, 2.75) is 48.7 Å². The third-order valence-electron chi connectivity index (χ3n) is 3.37. The predicted octanol–water partition coefficient (Wildman–Crippen LogP) is 1.72. The summed E-state index contributed by atoms with van der Waals surface area (Å²) in [7, 11) is -3.63. The minimum atomic E-state index is -3.63. The van der Waals surface area contributed by atoms with Crippen molar-refractivity contribution >= 4 is 21.8 Å². The van der Waals surface area contributed by atoms with Gasteiger partial charge in [0.1, 0.15) is 12.4 Å². The molecule has 2 N–H and O–H groups in total. The summed E-state index contributed by atoms with van der Waals surface area (Å²) >= 11 is 1.70. The number of sulfonamides is 1. The summed E-state index contributed by atoms with van der Waals surface area (Å²) in [5.74, 6) is 0.255. The van der Waals surface area contributed by atoms with E-state index in [4.69, 9.17) is 9.52 Å². The van der Waals surface area contributed by atoms with E-state index in [0.717, 1.165) is 25.7 Å². The number of hydrogen-bond acceptors (Lipinski definition) is 5. The molecule has 0 amide bonds. The van der Waals surface area contributed by atoms with Crippen LogP contribution in [-0.4, -0.2) is 31.1 Å². The molecule has 1 aliphatic carbocycles. The van der Waals surface area contributed by atoms with E-state index in [9.17, 15) is 8.42 Å². The molecule has 7 heteroatoms. The van der Waals surface area contributed by atoms with E-state index in [-0.39, 0.29) is 23.5 Å². The molecule has 2 unspecified atom stereocenters. The van der Waals surface area contributed by atoms with Crippen LogP contribution >= 0.6 is 11.8 Å². The first-order valence-electron chi connectivity index (χ1n) is 6.31. The largest absolute Gasteiger partial charge is 0.446 e. The lowest BCUT2D eigenvalue weighted by Crippen LogP contribution is -2.43. The summed E-state index contributed by atoms with van der Waals surface area (Å²) in [6.07, 6.45) is 6.10. The van der Waals surface area contributed by atoms with E-state index in [0.29, 0.717) is 5.25 Å². The van der Waals surface area contributed by atoms with Gasteiger partial charge in [0.05, 0.1) is 0 Å². The van der Waals surface area contributed by atoms with Crippen molar-refractivity contribution in [3.63, 3.8) is 0 Å². The number of aliphatic hydroxyl groups excluding tert-OH is 1. The Hall–Kier alpha value is -0.500. The summed E-state index contributed by atoms with van der Waals surface area (Å²) in [5.41, 5.74) is 0. The topological polar surface area (TPSA) is 79.5 Å². The Morgan fingerprint density at radius 2 is 2.16 bits per heavy atom. The van der Waals surface area contributed by atoms with Gasteiger partial charge < -0.3 is 9.52 Å². The second kappa shape index (κ2) is 6.30. The molecule has 2 atom stereocenters. The van der Waals surface area contributed by atoms with Crippen molar-refractivity contribution in [1.29, 1.82) is 0 Å². The average Bonchev–Trinajstić information content (AvgIpc) is 2.88. The molecule has 0 radical (unpaired) electrons. The molecule has 0 aromatic carbocycles. The standard InChI is InChI=1S/C12H19NO4S2/c1-18-11-5-3-2-4-10(11)13-19(15,16)12-7-6-9(8-14)17-12/h6-7,10-11,13-14H,2-5,8H2,1H3. The van der Waals surface area contributed by atoms with Gasteiger partial charge in [-0.2, -0.15) is 11.8 Å². The van der Waals surface area contributed by atoms with Crippen molar-refractivity contribution in [1.82, 2.24) is 4.72 Å².